The minimum atomic E-state index is -0.358. The summed E-state index contributed by atoms with van der Waals surface area (Å²) < 4.78 is 5.51. The van der Waals surface area contributed by atoms with E-state index >= 15 is 0 Å². The van der Waals surface area contributed by atoms with Crippen molar-refractivity contribution in [3.05, 3.63) is 27.7 Å². The molecule has 0 fully saturated rings. The van der Waals surface area contributed by atoms with Crippen LogP contribution in [0.1, 0.15) is 22.8 Å². The number of hydrogen-bond acceptors (Lipinski definition) is 3. The second-order valence-electron chi connectivity index (χ2n) is 3.30. The van der Waals surface area contributed by atoms with Crippen LogP contribution < -0.4 is 5.32 Å². The highest BCUT2D eigenvalue weighted by Gasteiger charge is 2.13. The predicted molar refractivity (Wildman–Crippen MR) is 72.1 cm³/mol. The van der Waals surface area contributed by atoms with Crippen molar-refractivity contribution in [3.63, 3.8) is 0 Å². The maximum absolute atomic E-state index is 11.5. The van der Waals surface area contributed by atoms with Gasteiger partial charge >= 0.3 is 5.97 Å². The molecule has 0 aliphatic carbocycles. The summed E-state index contributed by atoms with van der Waals surface area (Å²) in [4.78, 5) is 12.2. The van der Waals surface area contributed by atoms with E-state index in [2.05, 4.69) is 21.2 Å². The van der Waals surface area contributed by atoms with Crippen LogP contribution in [0, 0.1) is 6.92 Å². The van der Waals surface area contributed by atoms with Crippen LogP contribution in [0.5, 0.6) is 0 Å². The molecule has 1 aromatic rings. The van der Waals surface area contributed by atoms with E-state index in [1.54, 1.807) is 13.0 Å². The lowest BCUT2D eigenvalue weighted by molar-refractivity contribution is 0.0600. The summed E-state index contributed by atoms with van der Waals surface area (Å²) in [5.41, 5.74) is 2.15. The van der Waals surface area contributed by atoms with E-state index in [1.165, 1.54) is 7.11 Å². The van der Waals surface area contributed by atoms with Gasteiger partial charge in [0.05, 0.1) is 17.7 Å². The second-order valence-corrected chi connectivity index (χ2v) is 4.83. The molecule has 1 rings (SSSR count). The molecule has 3 nitrogen and oxygen atoms in total. The molecule has 0 aromatic heterocycles. The van der Waals surface area contributed by atoms with Gasteiger partial charge in [-0.2, -0.15) is 0 Å². The molecular formula is C11H12BrNO2S. The first-order valence-corrected chi connectivity index (χ1v) is 5.82. The fraction of sp³-hybridized carbons (Fsp3) is 0.273. The van der Waals surface area contributed by atoms with Crippen molar-refractivity contribution in [1.29, 1.82) is 0 Å². The number of benzene rings is 1. The number of rotatable bonds is 2. The molecule has 0 spiro atoms. The summed E-state index contributed by atoms with van der Waals surface area (Å²) in [5, 5.41) is 3.03. The normalized spacial score (nSPS) is 9.75. The van der Waals surface area contributed by atoms with E-state index in [4.69, 9.17) is 17.0 Å². The van der Waals surface area contributed by atoms with Crippen LogP contribution in [0.3, 0.4) is 0 Å². The second kappa shape index (κ2) is 5.41. The highest BCUT2D eigenvalue weighted by molar-refractivity contribution is 9.10. The van der Waals surface area contributed by atoms with Gasteiger partial charge < -0.3 is 10.1 Å². The standard InChI is InChI=1S/C11H12BrNO2S/c1-6-9(11(14)15-3)4-8(12)5-10(6)13-7(2)16/h4-5H,1-3H3,(H,13,16). The Morgan fingerprint density at radius 3 is 2.62 bits per heavy atom. The Morgan fingerprint density at radius 1 is 1.50 bits per heavy atom. The summed E-state index contributed by atoms with van der Waals surface area (Å²) in [6.45, 7) is 3.63. The summed E-state index contributed by atoms with van der Waals surface area (Å²) in [6.07, 6.45) is 0. The molecule has 16 heavy (non-hydrogen) atoms. The van der Waals surface area contributed by atoms with Crippen LogP contribution in [0.25, 0.3) is 0 Å². The Bertz CT molecular complexity index is 446. The lowest BCUT2D eigenvalue weighted by atomic mass is 10.1. The van der Waals surface area contributed by atoms with Gasteiger partial charge in [-0.3, -0.25) is 0 Å². The van der Waals surface area contributed by atoms with E-state index in [0.29, 0.717) is 10.6 Å². The van der Waals surface area contributed by atoms with Crippen molar-refractivity contribution in [2.24, 2.45) is 0 Å². The molecule has 0 saturated heterocycles. The first-order chi connectivity index (χ1) is 7.45. The van der Waals surface area contributed by atoms with Crippen molar-refractivity contribution in [2.75, 3.05) is 12.4 Å². The molecule has 5 heteroatoms. The van der Waals surface area contributed by atoms with Crippen molar-refractivity contribution >= 4 is 44.8 Å². The number of thiocarbonyl (C=S) groups is 1. The van der Waals surface area contributed by atoms with Gasteiger partial charge in [-0.25, -0.2) is 4.79 Å². The van der Waals surface area contributed by atoms with Crippen LogP contribution in [-0.2, 0) is 4.74 Å². The zero-order valence-electron chi connectivity index (χ0n) is 9.26. The number of ether oxygens (including phenoxy) is 1. The highest BCUT2D eigenvalue weighted by atomic mass is 79.9. The van der Waals surface area contributed by atoms with Gasteiger partial charge in [0, 0.05) is 10.2 Å². The molecule has 0 heterocycles. The van der Waals surface area contributed by atoms with Gasteiger partial charge in [0.2, 0.25) is 0 Å². The van der Waals surface area contributed by atoms with Crippen LogP contribution in [0.15, 0.2) is 16.6 Å². The predicted octanol–water partition coefficient (Wildman–Crippen LogP) is 3.30. The summed E-state index contributed by atoms with van der Waals surface area (Å²) in [7, 11) is 1.36. The molecule has 1 N–H and O–H groups in total. The van der Waals surface area contributed by atoms with Crippen molar-refractivity contribution in [1.82, 2.24) is 0 Å². The minimum absolute atomic E-state index is 0.358. The molecule has 1 aromatic carbocycles. The Morgan fingerprint density at radius 2 is 2.12 bits per heavy atom. The summed E-state index contributed by atoms with van der Waals surface area (Å²) in [5.74, 6) is -0.358. The first kappa shape index (κ1) is 13.1. The molecule has 0 atom stereocenters. The Labute approximate surface area is 108 Å². The van der Waals surface area contributed by atoms with Crippen LogP contribution >= 0.6 is 28.1 Å². The monoisotopic (exact) mass is 301 g/mol. The molecule has 86 valence electrons. The van der Waals surface area contributed by atoms with Gasteiger partial charge in [0.15, 0.2) is 0 Å². The van der Waals surface area contributed by atoms with E-state index in [-0.39, 0.29) is 5.97 Å². The van der Waals surface area contributed by atoms with Gasteiger partial charge in [0.25, 0.3) is 0 Å². The van der Waals surface area contributed by atoms with E-state index in [0.717, 1.165) is 15.7 Å². The molecule has 0 bridgehead atoms. The fourth-order valence-electron chi connectivity index (χ4n) is 1.32. The van der Waals surface area contributed by atoms with Crippen LogP contribution in [0.4, 0.5) is 5.69 Å². The topological polar surface area (TPSA) is 38.3 Å². The number of carbonyl (C=O) groups excluding carboxylic acids is 1. The maximum Gasteiger partial charge on any atom is 0.338 e. The lowest BCUT2D eigenvalue weighted by Crippen LogP contribution is -2.10. The molecule has 0 unspecified atom stereocenters. The van der Waals surface area contributed by atoms with Crippen molar-refractivity contribution in [3.8, 4) is 0 Å². The number of carbonyl (C=O) groups is 1. The van der Waals surface area contributed by atoms with Gasteiger partial charge in [-0.1, -0.05) is 28.1 Å². The lowest BCUT2D eigenvalue weighted by Gasteiger charge is -2.12. The maximum atomic E-state index is 11.5. The Balaban J connectivity index is 3.25. The third-order valence-corrected chi connectivity index (χ3v) is 2.65. The molecule has 0 saturated carbocycles. The van der Waals surface area contributed by atoms with Gasteiger partial charge in [0.1, 0.15) is 0 Å². The zero-order valence-corrected chi connectivity index (χ0v) is 11.7. The third-order valence-electron chi connectivity index (χ3n) is 2.09. The Kier molecular flexibility index (Phi) is 4.44. The molecule has 0 aliphatic heterocycles. The minimum Gasteiger partial charge on any atom is -0.465 e. The smallest absolute Gasteiger partial charge is 0.338 e. The molecule has 0 aliphatic rings. The molecule has 0 radical (unpaired) electrons. The largest absolute Gasteiger partial charge is 0.465 e. The Hall–Kier alpha value is -0.940. The average molecular weight is 302 g/mol. The number of halogens is 1. The SMILES string of the molecule is COC(=O)c1cc(Br)cc(NC(C)=S)c1C. The number of hydrogen-bond donors (Lipinski definition) is 1. The van der Waals surface area contributed by atoms with E-state index in [1.807, 2.05) is 13.0 Å². The van der Waals surface area contributed by atoms with Gasteiger partial charge in [-0.15, -0.1) is 0 Å². The van der Waals surface area contributed by atoms with E-state index < -0.39 is 0 Å². The van der Waals surface area contributed by atoms with Gasteiger partial charge in [-0.05, 0) is 31.5 Å². The van der Waals surface area contributed by atoms with Crippen LogP contribution in [0.2, 0.25) is 0 Å². The number of anilines is 1. The van der Waals surface area contributed by atoms with Crippen molar-refractivity contribution < 1.29 is 9.53 Å². The summed E-state index contributed by atoms with van der Waals surface area (Å²) >= 11 is 8.32. The zero-order chi connectivity index (χ0) is 12.3. The fourth-order valence-corrected chi connectivity index (χ4v) is 1.89. The van der Waals surface area contributed by atoms with Crippen molar-refractivity contribution in [2.45, 2.75) is 13.8 Å². The summed E-state index contributed by atoms with van der Waals surface area (Å²) in [6, 6.07) is 3.60. The quantitative estimate of drug-likeness (QED) is 0.672. The number of esters is 1. The number of methoxy groups -OCH3 is 1. The van der Waals surface area contributed by atoms with E-state index in [9.17, 15) is 4.79 Å². The third kappa shape index (κ3) is 3.02. The number of nitrogens with one attached hydrogen (secondary N) is 1. The molecule has 0 amide bonds. The highest BCUT2D eigenvalue weighted by Crippen LogP contribution is 2.25. The average Bonchev–Trinajstić information content (AvgIpc) is 2.21. The first-order valence-electron chi connectivity index (χ1n) is 4.61. The molecular weight excluding hydrogens is 290 g/mol. The van der Waals surface area contributed by atoms with Crippen LogP contribution in [-0.4, -0.2) is 18.1 Å².